The van der Waals surface area contributed by atoms with Crippen LogP contribution in [0.15, 0.2) is 48.5 Å². The summed E-state index contributed by atoms with van der Waals surface area (Å²) < 4.78 is 11.0. The van der Waals surface area contributed by atoms with Gasteiger partial charge in [-0.1, -0.05) is 42.0 Å². The van der Waals surface area contributed by atoms with Crippen molar-refractivity contribution in [2.45, 2.75) is 19.9 Å². The van der Waals surface area contributed by atoms with E-state index in [2.05, 4.69) is 0 Å². The zero-order valence-electron chi connectivity index (χ0n) is 15.5. The Morgan fingerprint density at radius 1 is 1.23 bits per heavy atom. The molecule has 5 heteroatoms. The number of carbonyl (C=O) groups excluding carboxylic acids is 1. The third kappa shape index (κ3) is 5.02. The molecule has 1 atom stereocenters. The Kier molecular flexibility index (Phi) is 7.10. The molecule has 0 saturated heterocycles. The number of likely N-dealkylation sites (N-methyl/N-ethyl adjacent to an activating group) is 1. The van der Waals surface area contributed by atoms with Gasteiger partial charge in [0, 0.05) is 12.1 Å². The Morgan fingerprint density at radius 3 is 2.65 bits per heavy atom. The van der Waals surface area contributed by atoms with Crippen LogP contribution in [0.25, 0.3) is 6.08 Å². The largest absolute Gasteiger partial charge is 0.493 e. The van der Waals surface area contributed by atoms with Gasteiger partial charge in [-0.05, 0) is 49.2 Å². The van der Waals surface area contributed by atoms with Crippen molar-refractivity contribution in [2.24, 2.45) is 0 Å². The maximum atomic E-state index is 12.5. The minimum Gasteiger partial charge on any atom is -0.493 e. The SMILES string of the molecule is C/C=C/c1ccc(OCC(=O)N(C)C(C)c2cccc(Cl)c2)c(OC)c1. The average molecular weight is 374 g/mol. The first-order valence-corrected chi connectivity index (χ1v) is 8.78. The number of methoxy groups -OCH3 is 1. The predicted octanol–water partition coefficient (Wildman–Crippen LogP) is 4.98. The highest BCUT2D eigenvalue weighted by Gasteiger charge is 2.18. The van der Waals surface area contributed by atoms with E-state index in [1.807, 2.05) is 68.5 Å². The Morgan fingerprint density at radius 2 is 2.00 bits per heavy atom. The maximum absolute atomic E-state index is 12.5. The van der Waals surface area contributed by atoms with Crippen molar-refractivity contribution < 1.29 is 14.3 Å². The second-order valence-corrected chi connectivity index (χ2v) is 6.37. The summed E-state index contributed by atoms with van der Waals surface area (Å²) in [5.41, 5.74) is 1.98. The highest BCUT2D eigenvalue weighted by Crippen LogP contribution is 2.29. The molecule has 2 rings (SSSR count). The number of rotatable bonds is 7. The Balaban J connectivity index is 2.03. The first-order chi connectivity index (χ1) is 12.5. The van der Waals surface area contributed by atoms with Gasteiger partial charge >= 0.3 is 0 Å². The average Bonchev–Trinajstić information content (AvgIpc) is 2.65. The minimum absolute atomic E-state index is 0.0687. The number of hydrogen-bond donors (Lipinski definition) is 0. The normalized spacial score (nSPS) is 12.0. The van der Waals surface area contributed by atoms with E-state index >= 15 is 0 Å². The molecule has 0 bridgehead atoms. The third-order valence-electron chi connectivity index (χ3n) is 4.20. The van der Waals surface area contributed by atoms with E-state index in [4.69, 9.17) is 21.1 Å². The van der Waals surface area contributed by atoms with Crippen LogP contribution in [-0.2, 0) is 4.79 Å². The van der Waals surface area contributed by atoms with Crippen LogP contribution in [0.2, 0.25) is 5.02 Å². The van der Waals surface area contributed by atoms with E-state index in [1.54, 1.807) is 19.1 Å². The molecule has 138 valence electrons. The van der Waals surface area contributed by atoms with Crippen LogP contribution < -0.4 is 9.47 Å². The van der Waals surface area contributed by atoms with Crippen LogP contribution in [0.1, 0.15) is 31.0 Å². The maximum Gasteiger partial charge on any atom is 0.260 e. The first-order valence-electron chi connectivity index (χ1n) is 8.41. The van der Waals surface area contributed by atoms with Crippen molar-refractivity contribution >= 4 is 23.6 Å². The molecule has 2 aromatic rings. The van der Waals surface area contributed by atoms with Crippen LogP contribution in [-0.4, -0.2) is 31.6 Å². The number of benzene rings is 2. The number of ether oxygens (including phenoxy) is 2. The number of halogens is 1. The summed E-state index contributed by atoms with van der Waals surface area (Å²) in [6, 6.07) is 13.0. The van der Waals surface area contributed by atoms with Crippen LogP contribution in [0, 0.1) is 0 Å². The van der Waals surface area contributed by atoms with Gasteiger partial charge in [-0.3, -0.25) is 4.79 Å². The van der Waals surface area contributed by atoms with Crippen LogP contribution in [0.4, 0.5) is 0 Å². The van der Waals surface area contributed by atoms with Gasteiger partial charge < -0.3 is 14.4 Å². The summed E-state index contributed by atoms with van der Waals surface area (Å²) in [4.78, 5) is 14.1. The summed E-state index contributed by atoms with van der Waals surface area (Å²) in [7, 11) is 3.33. The van der Waals surface area contributed by atoms with E-state index in [9.17, 15) is 4.79 Å². The van der Waals surface area contributed by atoms with Gasteiger partial charge in [0.15, 0.2) is 18.1 Å². The summed E-state index contributed by atoms with van der Waals surface area (Å²) in [5.74, 6) is 1.01. The number of hydrogen-bond acceptors (Lipinski definition) is 3. The Labute approximate surface area is 160 Å². The third-order valence-corrected chi connectivity index (χ3v) is 4.44. The molecular formula is C21H24ClNO3. The summed E-state index contributed by atoms with van der Waals surface area (Å²) in [5, 5.41) is 0.650. The molecule has 0 N–H and O–H groups in total. The second-order valence-electron chi connectivity index (χ2n) is 5.93. The molecule has 0 aromatic heterocycles. The van der Waals surface area contributed by atoms with E-state index in [-0.39, 0.29) is 18.6 Å². The quantitative estimate of drug-likeness (QED) is 0.687. The molecule has 0 spiro atoms. The lowest BCUT2D eigenvalue weighted by molar-refractivity contribution is -0.134. The molecule has 0 aliphatic heterocycles. The number of amides is 1. The van der Waals surface area contributed by atoms with Gasteiger partial charge in [0.25, 0.3) is 5.91 Å². The zero-order valence-corrected chi connectivity index (χ0v) is 16.3. The fourth-order valence-corrected chi connectivity index (χ4v) is 2.75. The van der Waals surface area contributed by atoms with Crippen molar-refractivity contribution in [1.82, 2.24) is 4.90 Å². The highest BCUT2D eigenvalue weighted by molar-refractivity contribution is 6.30. The fraction of sp³-hybridized carbons (Fsp3) is 0.286. The van der Waals surface area contributed by atoms with Gasteiger partial charge in [0.2, 0.25) is 0 Å². The van der Waals surface area contributed by atoms with Gasteiger partial charge in [-0.25, -0.2) is 0 Å². The lowest BCUT2D eigenvalue weighted by Gasteiger charge is -2.25. The topological polar surface area (TPSA) is 38.8 Å². The summed E-state index contributed by atoms with van der Waals surface area (Å²) >= 11 is 6.04. The lowest BCUT2D eigenvalue weighted by Crippen LogP contribution is -2.33. The molecular weight excluding hydrogens is 350 g/mol. The standard InChI is InChI=1S/C21H24ClNO3/c1-5-7-16-10-11-19(20(12-16)25-4)26-14-21(24)23(3)15(2)17-8-6-9-18(22)13-17/h5-13,15H,14H2,1-4H3/b7-5+. The molecule has 0 radical (unpaired) electrons. The second kappa shape index (κ2) is 9.30. The summed E-state index contributed by atoms with van der Waals surface area (Å²) in [6.07, 6.45) is 3.92. The van der Waals surface area contributed by atoms with E-state index < -0.39 is 0 Å². The fourth-order valence-electron chi connectivity index (χ4n) is 2.55. The molecule has 0 heterocycles. The molecule has 2 aromatic carbocycles. The van der Waals surface area contributed by atoms with Crippen molar-refractivity contribution in [3.8, 4) is 11.5 Å². The van der Waals surface area contributed by atoms with Crippen LogP contribution in [0.3, 0.4) is 0 Å². The van der Waals surface area contributed by atoms with Crippen molar-refractivity contribution in [3.05, 3.63) is 64.7 Å². The molecule has 0 saturated carbocycles. The Bertz CT molecular complexity index is 789. The van der Waals surface area contributed by atoms with E-state index in [0.717, 1.165) is 11.1 Å². The molecule has 26 heavy (non-hydrogen) atoms. The lowest BCUT2D eigenvalue weighted by atomic mass is 10.1. The molecule has 1 unspecified atom stereocenters. The molecule has 0 aliphatic rings. The van der Waals surface area contributed by atoms with Gasteiger partial charge in [-0.2, -0.15) is 0 Å². The summed E-state index contributed by atoms with van der Waals surface area (Å²) in [6.45, 7) is 3.84. The monoisotopic (exact) mass is 373 g/mol. The first kappa shape index (κ1) is 19.9. The minimum atomic E-state index is -0.128. The van der Waals surface area contributed by atoms with E-state index in [1.165, 1.54) is 0 Å². The predicted molar refractivity (Wildman–Crippen MR) is 106 cm³/mol. The van der Waals surface area contributed by atoms with Crippen LogP contribution in [0.5, 0.6) is 11.5 Å². The van der Waals surface area contributed by atoms with E-state index in [0.29, 0.717) is 16.5 Å². The molecule has 1 amide bonds. The van der Waals surface area contributed by atoms with Crippen molar-refractivity contribution in [2.75, 3.05) is 20.8 Å². The molecule has 4 nitrogen and oxygen atoms in total. The molecule has 0 fully saturated rings. The number of allylic oxidation sites excluding steroid dienone is 1. The van der Waals surface area contributed by atoms with Gasteiger partial charge in [0.05, 0.1) is 13.2 Å². The van der Waals surface area contributed by atoms with Crippen LogP contribution >= 0.6 is 11.6 Å². The zero-order chi connectivity index (χ0) is 19.1. The smallest absolute Gasteiger partial charge is 0.260 e. The highest BCUT2D eigenvalue weighted by atomic mass is 35.5. The number of nitrogens with zero attached hydrogens (tertiary/aromatic N) is 1. The Hall–Kier alpha value is -2.46. The van der Waals surface area contributed by atoms with Gasteiger partial charge in [0.1, 0.15) is 0 Å². The van der Waals surface area contributed by atoms with Crippen molar-refractivity contribution in [1.29, 1.82) is 0 Å². The number of carbonyl (C=O) groups is 1. The van der Waals surface area contributed by atoms with Gasteiger partial charge in [-0.15, -0.1) is 0 Å². The van der Waals surface area contributed by atoms with Crippen molar-refractivity contribution in [3.63, 3.8) is 0 Å². The molecule has 0 aliphatic carbocycles.